The van der Waals surface area contributed by atoms with E-state index in [0.717, 1.165) is 13.1 Å². The number of methoxy groups -OCH3 is 1. The maximum atomic E-state index is 10.5. The van der Waals surface area contributed by atoms with E-state index in [-0.39, 0.29) is 70.0 Å². The molecule has 3 nitrogen and oxygen atoms in total. The molecule has 4 heteroatoms. The molecule has 0 aromatic rings. The van der Waals surface area contributed by atoms with Crippen LogP contribution < -0.4 is 56.5 Å². The van der Waals surface area contributed by atoms with Crippen molar-refractivity contribution in [3.8, 4) is 0 Å². The molecule has 0 bridgehead atoms. The van der Waals surface area contributed by atoms with Gasteiger partial charge in [-0.15, -0.1) is 6.61 Å². The quantitative estimate of drug-likeness (QED) is 0.409. The van der Waals surface area contributed by atoms with Gasteiger partial charge in [-0.3, -0.25) is 0 Å². The number of likely N-dealkylation sites (tertiary alicyclic amines) is 1. The van der Waals surface area contributed by atoms with Crippen molar-refractivity contribution in [2.75, 3.05) is 33.9 Å². The van der Waals surface area contributed by atoms with E-state index in [1.165, 1.54) is 0 Å². The minimum Gasteiger partial charge on any atom is -0.854 e. The van der Waals surface area contributed by atoms with Crippen LogP contribution in [-0.4, -0.2) is 44.9 Å². The predicted octanol–water partition coefficient (Wildman–Crippen LogP) is -4.07. The minimum absolute atomic E-state index is 0. The third-order valence-corrected chi connectivity index (χ3v) is 2.08. The fourth-order valence-corrected chi connectivity index (χ4v) is 1.48. The first kappa shape index (κ1) is 12.5. The molecule has 1 saturated heterocycles. The Bertz CT molecular complexity index is 101. The van der Waals surface area contributed by atoms with Crippen molar-refractivity contribution in [1.82, 2.24) is 4.90 Å². The Morgan fingerprint density at radius 1 is 1.55 bits per heavy atom. The van der Waals surface area contributed by atoms with Crippen molar-refractivity contribution in [2.24, 2.45) is 5.92 Å². The van der Waals surface area contributed by atoms with Crippen molar-refractivity contribution >= 4 is 0 Å². The van der Waals surface area contributed by atoms with Crippen molar-refractivity contribution in [3.63, 3.8) is 0 Å². The minimum atomic E-state index is -0.0111. The van der Waals surface area contributed by atoms with E-state index >= 15 is 0 Å². The molecule has 1 rings (SSSR count). The third kappa shape index (κ3) is 3.40. The van der Waals surface area contributed by atoms with Crippen molar-refractivity contribution in [3.05, 3.63) is 0 Å². The number of likely N-dealkylation sites (N-methyl/N-ethyl adjacent to an activating group) is 1. The summed E-state index contributed by atoms with van der Waals surface area (Å²) in [5, 5.41) is 10.5. The normalized spacial score (nSPS) is 31.9. The third-order valence-electron chi connectivity index (χ3n) is 2.08. The number of nitrogens with zero attached hydrogens (tertiary/aromatic N) is 1. The molecule has 2 atom stereocenters. The molecule has 0 amide bonds. The molecule has 0 aromatic heterocycles. The molecule has 60 valence electrons. The molecule has 0 N–H and O–H groups in total. The Hall–Kier alpha value is 1.52. The van der Waals surface area contributed by atoms with E-state index in [9.17, 15) is 5.11 Å². The van der Waals surface area contributed by atoms with Gasteiger partial charge in [-0.25, -0.2) is 0 Å². The van der Waals surface area contributed by atoms with Gasteiger partial charge in [0.25, 0.3) is 0 Å². The van der Waals surface area contributed by atoms with Crippen LogP contribution in [0.3, 0.4) is 0 Å². The molecule has 0 aliphatic carbocycles. The monoisotopic (exact) mass is 183 g/mol. The Morgan fingerprint density at radius 3 is 2.55 bits per heavy atom. The fourth-order valence-electron chi connectivity index (χ4n) is 1.48. The molecule has 1 aliphatic heterocycles. The molecular weight excluding hydrogens is 169 g/mol. The Labute approximate surface area is 111 Å². The van der Waals surface area contributed by atoms with Gasteiger partial charge in [0.05, 0.1) is 6.10 Å². The van der Waals surface area contributed by atoms with Crippen molar-refractivity contribution in [2.45, 2.75) is 6.10 Å². The first-order valence-corrected chi connectivity index (χ1v) is 3.57. The summed E-state index contributed by atoms with van der Waals surface area (Å²) < 4.78 is 5.14. The van der Waals surface area contributed by atoms with E-state index in [4.69, 9.17) is 4.74 Å². The Balaban J connectivity index is 0.000001000. The second-order valence-corrected chi connectivity index (χ2v) is 2.92. The van der Waals surface area contributed by atoms with Crippen LogP contribution in [0.1, 0.15) is 0 Å². The zero-order valence-corrected chi connectivity index (χ0v) is 10.7. The van der Waals surface area contributed by atoms with Crippen LogP contribution in [0.15, 0.2) is 0 Å². The molecule has 0 saturated carbocycles. The zero-order valence-electron chi connectivity index (χ0n) is 7.54. The van der Waals surface area contributed by atoms with Crippen LogP contribution in [-0.2, 0) is 4.74 Å². The topological polar surface area (TPSA) is 35.5 Å². The standard InChI is InChI=1S/C7H14NO2.K/c1-8-3-6(5-9)7(4-8)10-2;/h6-7H,3-5H2,1-2H3;/q-1;+1. The molecule has 0 radical (unpaired) electrons. The van der Waals surface area contributed by atoms with E-state index in [1.54, 1.807) is 7.11 Å². The van der Waals surface area contributed by atoms with Crippen LogP contribution in [0.2, 0.25) is 0 Å². The number of hydrogen-bond acceptors (Lipinski definition) is 3. The van der Waals surface area contributed by atoms with Gasteiger partial charge in [-0.05, 0) is 13.0 Å². The average Bonchev–Trinajstić information content (AvgIpc) is 2.30. The molecular formula is C7H14KNO2. The Kier molecular flexibility index (Phi) is 6.88. The first-order chi connectivity index (χ1) is 4.77. The first-order valence-electron chi connectivity index (χ1n) is 3.57. The molecule has 1 fully saturated rings. The van der Waals surface area contributed by atoms with Crippen LogP contribution in [0.4, 0.5) is 0 Å². The summed E-state index contributed by atoms with van der Waals surface area (Å²) in [6.45, 7) is 1.79. The molecule has 1 heterocycles. The van der Waals surface area contributed by atoms with Crippen molar-refractivity contribution in [1.29, 1.82) is 0 Å². The summed E-state index contributed by atoms with van der Waals surface area (Å²) in [4.78, 5) is 2.14. The molecule has 2 unspecified atom stereocenters. The van der Waals surface area contributed by atoms with Crippen molar-refractivity contribution < 1.29 is 61.2 Å². The summed E-state index contributed by atoms with van der Waals surface area (Å²) in [5.41, 5.74) is 0. The van der Waals surface area contributed by atoms with Gasteiger partial charge in [-0.2, -0.15) is 0 Å². The molecule has 11 heavy (non-hydrogen) atoms. The van der Waals surface area contributed by atoms with Gasteiger partial charge in [0, 0.05) is 20.2 Å². The number of rotatable bonds is 2. The molecule has 0 spiro atoms. The molecule has 1 aliphatic rings. The average molecular weight is 183 g/mol. The number of hydrogen-bond donors (Lipinski definition) is 0. The SMILES string of the molecule is COC1CN(C)CC1C[O-].[K+]. The summed E-state index contributed by atoms with van der Waals surface area (Å²) in [5.74, 6) is 0.204. The second-order valence-electron chi connectivity index (χ2n) is 2.92. The second kappa shape index (κ2) is 6.04. The van der Waals surface area contributed by atoms with Gasteiger partial charge in [0.1, 0.15) is 0 Å². The zero-order chi connectivity index (χ0) is 7.56. The van der Waals surface area contributed by atoms with Crippen LogP contribution in [0, 0.1) is 5.92 Å². The summed E-state index contributed by atoms with van der Waals surface area (Å²) in [6.07, 6.45) is 0.169. The Morgan fingerprint density at radius 2 is 2.18 bits per heavy atom. The fraction of sp³-hybridized carbons (Fsp3) is 1.00. The van der Waals surface area contributed by atoms with Crippen LogP contribution in [0.5, 0.6) is 0 Å². The van der Waals surface area contributed by atoms with Gasteiger partial charge in [0.2, 0.25) is 0 Å². The van der Waals surface area contributed by atoms with Crippen LogP contribution >= 0.6 is 0 Å². The van der Waals surface area contributed by atoms with E-state index in [0.29, 0.717) is 0 Å². The predicted molar refractivity (Wildman–Crippen MR) is 36.7 cm³/mol. The largest absolute Gasteiger partial charge is 1.00 e. The summed E-state index contributed by atoms with van der Waals surface area (Å²) >= 11 is 0. The van der Waals surface area contributed by atoms with Gasteiger partial charge in [0.15, 0.2) is 0 Å². The van der Waals surface area contributed by atoms with E-state index in [1.807, 2.05) is 7.05 Å². The van der Waals surface area contributed by atoms with E-state index in [2.05, 4.69) is 4.90 Å². The number of ether oxygens (including phenoxy) is 1. The maximum Gasteiger partial charge on any atom is 1.00 e. The van der Waals surface area contributed by atoms with Gasteiger partial charge in [-0.1, -0.05) is 0 Å². The van der Waals surface area contributed by atoms with Gasteiger partial charge < -0.3 is 14.7 Å². The summed E-state index contributed by atoms with van der Waals surface area (Å²) in [6, 6.07) is 0. The maximum absolute atomic E-state index is 10.5. The van der Waals surface area contributed by atoms with Gasteiger partial charge >= 0.3 is 51.4 Å². The molecule has 0 aromatic carbocycles. The smallest absolute Gasteiger partial charge is 0.854 e. The van der Waals surface area contributed by atoms with E-state index < -0.39 is 0 Å². The van der Waals surface area contributed by atoms with Crippen LogP contribution in [0.25, 0.3) is 0 Å². The summed E-state index contributed by atoms with van der Waals surface area (Å²) in [7, 11) is 3.69.